The average molecular weight is 170 g/mol. The van der Waals surface area contributed by atoms with E-state index >= 15 is 0 Å². The van der Waals surface area contributed by atoms with Gasteiger partial charge in [0.05, 0.1) is 5.92 Å². The lowest BCUT2D eigenvalue weighted by Gasteiger charge is -2.37. The van der Waals surface area contributed by atoms with Crippen LogP contribution in [0.1, 0.15) is 39.5 Å². The summed E-state index contributed by atoms with van der Waals surface area (Å²) in [4.78, 5) is 10.7. The van der Waals surface area contributed by atoms with Gasteiger partial charge in [0, 0.05) is 0 Å². The van der Waals surface area contributed by atoms with Crippen molar-refractivity contribution in [3.05, 3.63) is 0 Å². The van der Waals surface area contributed by atoms with Gasteiger partial charge in [-0.25, -0.2) is 0 Å². The lowest BCUT2D eigenvalue weighted by Crippen LogP contribution is -2.36. The van der Waals surface area contributed by atoms with Gasteiger partial charge in [-0.1, -0.05) is 26.7 Å². The maximum Gasteiger partial charge on any atom is 0.306 e. The summed E-state index contributed by atoms with van der Waals surface area (Å²) in [5.41, 5.74) is 0. The molecular formula is C10H18O2. The molecule has 0 bridgehead atoms. The predicted octanol–water partition coefficient (Wildman–Crippen LogP) is 2.53. The Balaban J connectivity index is 2.37. The van der Waals surface area contributed by atoms with E-state index in [1.165, 1.54) is 12.8 Å². The zero-order chi connectivity index (χ0) is 9.14. The molecule has 1 aliphatic carbocycles. The second kappa shape index (κ2) is 3.92. The molecule has 2 heteroatoms. The highest BCUT2D eigenvalue weighted by Crippen LogP contribution is 2.41. The predicted molar refractivity (Wildman–Crippen MR) is 47.9 cm³/mol. The third kappa shape index (κ3) is 1.79. The Morgan fingerprint density at radius 1 is 1.58 bits per heavy atom. The maximum absolute atomic E-state index is 10.7. The van der Waals surface area contributed by atoms with Crippen LogP contribution in [0.25, 0.3) is 0 Å². The van der Waals surface area contributed by atoms with E-state index < -0.39 is 5.97 Å². The molecule has 0 amide bonds. The highest BCUT2D eigenvalue weighted by atomic mass is 16.4. The van der Waals surface area contributed by atoms with E-state index in [9.17, 15) is 4.79 Å². The standard InChI is InChI=1S/C10H18O2/c1-3-4-7(2)8-5-6-9(8)10(11)12/h7-9H,3-6H2,1-2H3,(H,11,12). The maximum atomic E-state index is 10.7. The summed E-state index contributed by atoms with van der Waals surface area (Å²) in [6.07, 6.45) is 4.37. The number of hydrogen-bond acceptors (Lipinski definition) is 1. The molecule has 0 saturated heterocycles. The number of carbonyl (C=O) groups is 1. The van der Waals surface area contributed by atoms with Gasteiger partial charge in [-0.15, -0.1) is 0 Å². The van der Waals surface area contributed by atoms with Crippen LogP contribution in [0.15, 0.2) is 0 Å². The first-order valence-corrected chi connectivity index (χ1v) is 4.89. The lowest BCUT2D eigenvalue weighted by atomic mass is 9.66. The van der Waals surface area contributed by atoms with Crippen LogP contribution in [0, 0.1) is 17.8 Å². The molecule has 70 valence electrons. The van der Waals surface area contributed by atoms with Crippen molar-refractivity contribution in [1.29, 1.82) is 0 Å². The first-order chi connectivity index (χ1) is 5.66. The van der Waals surface area contributed by atoms with E-state index in [4.69, 9.17) is 5.11 Å². The molecule has 3 unspecified atom stereocenters. The summed E-state index contributed by atoms with van der Waals surface area (Å²) in [6, 6.07) is 0. The molecule has 0 radical (unpaired) electrons. The molecule has 12 heavy (non-hydrogen) atoms. The number of carboxylic acids is 1. The van der Waals surface area contributed by atoms with Gasteiger partial charge < -0.3 is 5.11 Å². The Labute approximate surface area is 74.0 Å². The fraction of sp³-hybridized carbons (Fsp3) is 0.900. The van der Waals surface area contributed by atoms with Gasteiger partial charge >= 0.3 is 5.97 Å². The number of hydrogen-bond donors (Lipinski definition) is 1. The van der Waals surface area contributed by atoms with Gasteiger partial charge in [-0.05, 0) is 24.7 Å². The number of aliphatic carboxylic acids is 1. The first kappa shape index (κ1) is 9.56. The fourth-order valence-electron chi connectivity index (χ4n) is 2.18. The summed E-state index contributed by atoms with van der Waals surface area (Å²) in [5.74, 6) is 0.438. The first-order valence-electron chi connectivity index (χ1n) is 4.89. The highest BCUT2D eigenvalue weighted by molar-refractivity contribution is 5.71. The van der Waals surface area contributed by atoms with Crippen LogP contribution in [0.2, 0.25) is 0 Å². The quantitative estimate of drug-likeness (QED) is 0.704. The van der Waals surface area contributed by atoms with Crippen LogP contribution >= 0.6 is 0 Å². The van der Waals surface area contributed by atoms with Gasteiger partial charge in [0.25, 0.3) is 0 Å². The summed E-state index contributed by atoms with van der Waals surface area (Å²) in [6.45, 7) is 4.34. The molecule has 0 aromatic rings. The summed E-state index contributed by atoms with van der Waals surface area (Å²) in [5, 5.41) is 8.82. The van der Waals surface area contributed by atoms with Gasteiger partial charge in [-0.2, -0.15) is 0 Å². The zero-order valence-corrected chi connectivity index (χ0v) is 7.92. The third-order valence-electron chi connectivity index (χ3n) is 3.12. The Morgan fingerprint density at radius 2 is 2.25 bits per heavy atom. The summed E-state index contributed by atoms with van der Waals surface area (Å²) < 4.78 is 0. The zero-order valence-electron chi connectivity index (χ0n) is 7.92. The van der Waals surface area contributed by atoms with E-state index in [0.717, 1.165) is 12.8 Å². The minimum absolute atomic E-state index is 0.0356. The topological polar surface area (TPSA) is 37.3 Å². The molecule has 1 N–H and O–H groups in total. The van der Waals surface area contributed by atoms with Crippen LogP contribution in [-0.2, 0) is 4.79 Å². The second-order valence-electron chi connectivity index (χ2n) is 3.95. The van der Waals surface area contributed by atoms with Crippen LogP contribution in [0.4, 0.5) is 0 Å². The molecule has 1 aliphatic rings. The average Bonchev–Trinajstić information content (AvgIpc) is 1.82. The minimum atomic E-state index is -0.589. The van der Waals surface area contributed by atoms with Crippen molar-refractivity contribution in [1.82, 2.24) is 0 Å². The molecular weight excluding hydrogens is 152 g/mol. The Hall–Kier alpha value is -0.530. The van der Waals surface area contributed by atoms with Crippen LogP contribution in [0.3, 0.4) is 0 Å². The Kier molecular flexibility index (Phi) is 3.12. The smallest absolute Gasteiger partial charge is 0.306 e. The van der Waals surface area contributed by atoms with Crippen molar-refractivity contribution in [2.75, 3.05) is 0 Å². The number of rotatable bonds is 4. The molecule has 3 atom stereocenters. The molecule has 0 aliphatic heterocycles. The fourth-order valence-corrected chi connectivity index (χ4v) is 2.18. The van der Waals surface area contributed by atoms with Crippen molar-refractivity contribution in [2.45, 2.75) is 39.5 Å². The Morgan fingerprint density at radius 3 is 2.58 bits per heavy atom. The normalized spacial score (nSPS) is 30.8. The minimum Gasteiger partial charge on any atom is -0.481 e. The van der Waals surface area contributed by atoms with Crippen molar-refractivity contribution in [2.24, 2.45) is 17.8 Å². The molecule has 0 aromatic carbocycles. The molecule has 0 spiro atoms. The monoisotopic (exact) mass is 170 g/mol. The van der Waals surface area contributed by atoms with Crippen molar-refractivity contribution in [3.8, 4) is 0 Å². The van der Waals surface area contributed by atoms with Crippen molar-refractivity contribution in [3.63, 3.8) is 0 Å². The molecule has 0 heterocycles. The summed E-state index contributed by atoms with van der Waals surface area (Å²) in [7, 11) is 0. The van der Waals surface area contributed by atoms with Gasteiger partial charge in [0.2, 0.25) is 0 Å². The van der Waals surface area contributed by atoms with E-state index in [2.05, 4.69) is 13.8 Å². The Bertz CT molecular complexity index is 165. The lowest BCUT2D eigenvalue weighted by molar-refractivity contribution is -0.149. The van der Waals surface area contributed by atoms with Crippen molar-refractivity contribution >= 4 is 5.97 Å². The largest absolute Gasteiger partial charge is 0.481 e. The van der Waals surface area contributed by atoms with Crippen molar-refractivity contribution < 1.29 is 9.90 Å². The second-order valence-corrected chi connectivity index (χ2v) is 3.95. The van der Waals surface area contributed by atoms with E-state index in [-0.39, 0.29) is 5.92 Å². The van der Waals surface area contributed by atoms with E-state index in [1.807, 2.05) is 0 Å². The number of carboxylic acid groups (broad SMARTS) is 1. The van der Waals surface area contributed by atoms with Gasteiger partial charge in [0.1, 0.15) is 0 Å². The van der Waals surface area contributed by atoms with E-state index in [0.29, 0.717) is 11.8 Å². The van der Waals surface area contributed by atoms with Gasteiger partial charge in [-0.3, -0.25) is 4.79 Å². The van der Waals surface area contributed by atoms with Crippen LogP contribution < -0.4 is 0 Å². The molecule has 1 rings (SSSR count). The molecule has 1 saturated carbocycles. The molecule has 1 fully saturated rings. The van der Waals surface area contributed by atoms with Crippen LogP contribution in [-0.4, -0.2) is 11.1 Å². The SMILES string of the molecule is CCCC(C)C1CCC1C(=O)O. The van der Waals surface area contributed by atoms with E-state index in [1.54, 1.807) is 0 Å². The third-order valence-corrected chi connectivity index (χ3v) is 3.12. The van der Waals surface area contributed by atoms with Gasteiger partial charge in [0.15, 0.2) is 0 Å². The van der Waals surface area contributed by atoms with Crippen LogP contribution in [0.5, 0.6) is 0 Å². The summed E-state index contributed by atoms with van der Waals surface area (Å²) >= 11 is 0. The molecule has 2 nitrogen and oxygen atoms in total. The molecule has 0 aromatic heterocycles. The highest BCUT2D eigenvalue weighted by Gasteiger charge is 2.39.